The lowest BCUT2D eigenvalue weighted by molar-refractivity contribution is -0.139. The molecule has 1 aromatic rings. The number of thioether (sulfide) groups is 1. The molecule has 7 rings (SSSR count). The Morgan fingerprint density at radius 3 is 2.23 bits per heavy atom. The van der Waals surface area contributed by atoms with Crippen LogP contribution < -0.4 is 10.2 Å². The van der Waals surface area contributed by atoms with Crippen LogP contribution in [0.2, 0.25) is 0 Å². The maximum Gasteiger partial charge on any atom is 0.307 e. The van der Waals surface area contributed by atoms with Gasteiger partial charge in [0.15, 0.2) is 0 Å². The number of nitrogens with zero attached hydrogens (tertiary/aromatic N) is 2. The molecule has 1 aliphatic heterocycles. The van der Waals surface area contributed by atoms with E-state index in [2.05, 4.69) is 10.2 Å². The van der Waals surface area contributed by atoms with Gasteiger partial charge in [-0.25, -0.2) is 4.98 Å². The van der Waals surface area contributed by atoms with Crippen molar-refractivity contribution in [2.75, 3.05) is 24.2 Å². The molecule has 5 aliphatic carbocycles. The van der Waals surface area contributed by atoms with Crippen molar-refractivity contribution in [2.24, 2.45) is 35.5 Å². The van der Waals surface area contributed by atoms with Gasteiger partial charge in [0.05, 0.1) is 11.5 Å². The molecule has 1 saturated heterocycles. The van der Waals surface area contributed by atoms with Gasteiger partial charge in [0, 0.05) is 18.6 Å². The summed E-state index contributed by atoms with van der Waals surface area (Å²) in [6, 6.07) is 3.86. The van der Waals surface area contributed by atoms with E-state index in [0.29, 0.717) is 5.56 Å². The molecule has 0 aromatic carbocycles. The summed E-state index contributed by atoms with van der Waals surface area (Å²) < 4.78 is 0. The Morgan fingerprint density at radius 2 is 1.70 bits per heavy atom. The lowest BCUT2D eigenvalue weighted by Crippen LogP contribution is -2.59. The van der Waals surface area contributed by atoms with Gasteiger partial charge in [0.2, 0.25) is 0 Å². The lowest BCUT2D eigenvalue weighted by Gasteiger charge is -2.56. The van der Waals surface area contributed by atoms with Crippen molar-refractivity contribution < 1.29 is 14.7 Å². The number of aliphatic carboxylic acids is 1. The largest absolute Gasteiger partial charge is 0.481 e. The minimum Gasteiger partial charge on any atom is -0.481 e. The molecule has 1 aromatic heterocycles. The van der Waals surface area contributed by atoms with Crippen molar-refractivity contribution in [3.63, 3.8) is 0 Å². The van der Waals surface area contributed by atoms with Gasteiger partial charge < -0.3 is 15.3 Å². The van der Waals surface area contributed by atoms with E-state index in [0.717, 1.165) is 60.9 Å². The quantitative estimate of drug-likeness (QED) is 0.702. The van der Waals surface area contributed by atoms with Crippen molar-refractivity contribution in [3.8, 4) is 0 Å². The SMILES string of the molecule is CSc1nc(N2C[C@@H]3C(C(=O)O)[C@@H]3C2)ccc1C(=O)NC12CC3CC(CC(C3)C1)C2. The average Bonchev–Trinajstić information content (AvgIpc) is 3.21. The van der Waals surface area contributed by atoms with Crippen LogP contribution in [0.15, 0.2) is 17.2 Å². The number of carbonyl (C=O) groups excluding carboxylic acids is 1. The molecule has 4 bridgehead atoms. The fourth-order valence-corrected chi connectivity index (χ4v) is 8.15. The second kappa shape index (κ2) is 6.62. The molecule has 30 heavy (non-hydrogen) atoms. The average molecular weight is 428 g/mol. The molecule has 2 heterocycles. The van der Waals surface area contributed by atoms with Gasteiger partial charge in [0.25, 0.3) is 5.91 Å². The molecule has 1 unspecified atom stereocenters. The van der Waals surface area contributed by atoms with Crippen molar-refractivity contribution in [2.45, 2.75) is 49.1 Å². The van der Waals surface area contributed by atoms with Gasteiger partial charge >= 0.3 is 5.97 Å². The minimum atomic E-state index is -0.667. The van der Waals surface area contributed by atoms with Gasteiger partial charge in [-0.15, -0.1) is 11.8 Å². The number of nitrogens with one attached hydrogen (secondary N) is 1. The Labute approximate surface area is 181 Å². The topological polar surface area (TPSA) is 82.5 Å². The van der Waals surface area contributed by atoms with Crippen LogP contribution in [-0.2, 0) is 4.79 Å². The van der Waals surface area contributed by atoms with E-state index in [1.54, 1.807) is 0 Å². The van der Waals surface area contributed by atoms with E-state index in [1.165, 1.54) is 31.0 Å². The Hall–Kier alpha value is -1.76. The summed E-state index contributed by atoms with van der Waals surface area (Å²) in [4.78, 5) is 31.5. The molecule has 6 aliphatic rings. The van der Waals surface area contributed by atoms with Crippen molar-refractivity contribution in [1.82, 2.24) is 10.3 Å². The van der Waals surface area contributed by atoms with Gasteiger partial charge in [-0.05, 0) is 86.5 Å². The number of pyridine rings is 1. The molecule has 6 nitrogen and oxygen atoms in total. The molecule has 3 atom stereocenters. The Morgan fingerprint density at radius 1 is 1.10 bits per heavy atom. The van der Waals surface area contributed by atoms with Crippen LogP contribution in [0.1, 0.15) is 48.9 Å². The highest BCUT2D eigenvalue weighted by molar-refractivity contribution is 7.98. The first-order chi connectivity index (χ1) is 14.4. The summed E-state index contributed by atoms with van der Waals surface area (Å²) in [6.07, 6.45) is 9.49. The van der Waals surface area contributed by atoms with Crippen LogP contribution in [0, 0.1) is 35.5 Å². The van der Waals surface area contributed by atoms with Gasteiger partial charge in [-0.3, -0.25) is 9.59 Å². The van der Waals surface area contributed by atoms with Gasteiger partial charge in [-0.2, -0.15) is 0 Å². The number of aromatic nitrogens is 1. The first kappa shape index (κ1) is 19.0. The molecule has 1 amide bonds. The van der Waals surface area contributed by atoms with E-state index in [9.17, 15) is 14.7 Å². The molecule has 2 N–H and O–H groups in total. The van der Waals surface area contributed by atoms with Crippen LogP contribution in [0.4, 0.5) is 5.82 Å². The molecule has 5 saturated carbocycles. The fourth-order valence-electron chi connectivity index (χ4n) is 7.59. The van der Waals surface area contributed by atoms with E-state index >= 15 is 0 Å². The van der Waals surface area contributed by atoms with E-state index in [-0.39, 0.29) is 29.2 Å². The Kier molecular flexibility index (Phi) is 4.18. The molecule has 0 spiro atoms. The molecular formula is C23H29N3O3S. The molecule has 160 valence electrons. The molecular weight excluding hydrogens is 398 g/mol. The molecule has 6 fully saturated rings. The van der Waals surface area contributed by atoms with Gasteiger partial charge in [-0.1, -0.05) is 0 Å². The van der Waals surface area contributed by atoms with Crippen LogP contribution in [-0.4, -0.2) is 46.9 Å². The van der Waals surface area contributed by atoms with E-state index < -0.39 is 5.97 Å². The first-order valence-corrected chi connectivity index (χ1v) is 12.5. The van der Waals surface area contributed by atoms with Crippen LogP contribution in [0.5, 0.6) is 0 Å². The second-order valence-corrected chi connectivity index (χ2v) is 11.3. The van der Waals surface area contributed by atoms with Crippen LogP contribution >= 0.6 is 11.8 Å². The van der Waals surface area contributed by atoms with Crippen LogP contribution in [0.3, 0.4) is 0 Å². The maximum absolute atomic E-state index is 13.3. The first-order valence-electron chi connectivity index (χ1n) is 11.3. The highest BCUT2D eigenvalue weighted by Gasteiger charge is 2.60. The summed E-state index contributed by atoms with van der Waals surface area (Å²) in [7, 11) is 0. The number of hydrogen-bond donors (Lipinski definition) is 2. The third kappa shape index (κ3) is 2.95. The molecule has 0 radical (unpaired) electrons. The zero-order chi connectivity index (χ0) is 20.6. The Bertz CT molecular complexity index is 872. The number of rotatable bonds is 5. The Balaban J connectivity index is 1.18. The number of carboxylic acids is 1. The lowest BCUT2D eigenvalue weighted by atomic mass is 9.53. The second-order valence-electron chi connectivity index (χ2n) is 10.5. The number of piperidine rings is 1. The predicted octanol–water partition coefficient (Wildman–Crippen LogP) is 3.27. The number of hydrogen-bond acceptors (Lipinski definition) is 5. The van der Waals surface area contributed by atoms with Crippen molar-refractivity contribution in [1.29, 1.82) is 0 Å². The summed E-state index contributed by atoms with van der Waals surface area (Å²) >= 11 is 1.51. The third-order valence-corrected chi connectivity index (χ3v) is 9.20. The smallest absolute Gasteiger partial charge is 0.307 e. The summed E-state index contributed by atoms with van der Waals surface area (Å²) in [5.74, 6) is 2.94. The normalized spacial score (nSPS) is 40.4. The van der Waals surface area contributed by atoms with E-state index in [4.69, 9.17) is 4.98 Å². The zero-order valence-corrected chi connectivity index (χ0v) is 18.2. The number of anilines is 1. The number of amides is 1. The van der Waals surface area contributed by atoms with Crippen LogP contribution in [0.25, 0.3) is 0 Å². The van der Waals surface area contributed by atoms with Crippen molar-refractivity contribution in [3.05, 3.63) is 17.7 Å². The zero-order valence-electron chi connectivity index (χ0n) is 17.3. The van der Waals surface area contributed by atoms with Gasteiger partial charge in [0.1, 0.15) is 10.8 Å². The summed E-state index contributed by atoms with van der Waals surface area (Å²) in [6.45, 7) is 1.50. The molecule has 7 heteroatoms. The number of carbonyl (C=O) groups is 2. The highest BCUT2D eigenvalue weighted by Crippen LogP contribution is 2.56. The van der Waals surface area contributed by atoms with E-state index in [1.807, 2.05) is 18.4 Å². The number of carboxylic acid groups (broad SMARTS) is 1. The fraction of sp³-hybridized carbons (Fsp3) is 0.696. The monoisotopic (exact) mass is 427 g/mol. The maximum atomic E-state index is 13.3. The number of fused-ring (bicyclic) bond motifs is 1. The standard InChI is InChI=1S/C23H29N3O3S/c1-30-21-15(2-3-18(24-21)26-10-16-17(11-26)19(16)22(28)29)20(27)25-23-7-12-4-13(8-23)6-14(5-12)9-23/h2-3,12-14,16-17,19H,4-11H2,1H3,(H,25,27)(H,28,29)/t12?,13?,14?,16-,17+,19?,23?. The highest BCUT2D eigenvalue weighted by atomic mass is 32.2. The van der Waals surface area contributed by atoms with Crippen molar-refractivity contribution >= 4 is 29.5 Å². The summed E-state index contributed by atoms with van der Waals surface area (Å²) in [5, 5.41) is 13.5. The minimum absolute atomic E-state index is 0.00224. The predicted molar refractivity (Wildman–Crippen MR) is 115 cm³/mol. The summed E-state index contributed by atoms with van der Waals surface area (Å²) in [5.41, 5.74) is 0.678. The third-order valence-electron chi connectivity index (χ3n) is 8.50.